The van der Waals surface area contributed by atoms with Crippen LogP contribution in [-0.4, -0.2) is 30.1 Å². The molecular weight excluding hydrogens is 236 g/mol. The van der Waals surface area contributed by atoms with Crippen LogP contribution < -0.4 is 10.6 Å². The number of amides is 1. The standard InChI is InChI=1S/C12H18N2O2S/c15-11(9-4-6-17-8-9)7-14-12(16)3-5-13-10-1-2-10/h4,6,8,10-11,13,15H,1-3,5,7H2,(H,14,16). The Bertz CT molecular complexity index is 349. The van der Waals surface area contributed by atoms with E-state index in [9.17, 15) is 9.90 Å². The van der Waals surface area contributed by atoms with Crippen LogP contribution in [0.1, 0.15) is 30.9 Å². The van der Waals surface area contributed by atoms with E-state index in [0.717, 1.165) is 12.1 Å². The van der Waals surface area contributed by atoms with Gasteiger partial charge in [-0.25, -0.2) is 0 Å². The van der Waals surface area contributed by atoms with Crippen molar-refractivity contribution >= 4 is 17.2 Å². The van der Waals surface area contributed by atoms with Crippen LogP contribution >= 0.6 is 11.3 Å². The number of rotatable bonds is 7. The number of aliphatic hydroxyl groups is 1. The summed E-state index contributed by atoms with van der Waals surface area (Å²) >= 11 is 1.54. The van der Waals surface area contributed by atoms with Gasteiger partial charge in [-0.15, -0.1) is 0 Å². The molecule has 17 heavy (non-hydrogen) atoms. The van der Waals surface area contributed by atoms with E-state index in [0.29, 0.717) is 19.0 Å². The third kappa shape index (κ3) is 4.46. The fourth-order valence-electron chi connectivity index (χ4n) is 1.56. The number of nitrogens with one attached hydrogen (secondary N) is 2. The van der Waals surface area contributed by atoms with Gasteiger partial charge in [0.15, 0.2) is 0 Å². The lowest BCUT2D eigenvalue weighted by Gasteiger charge is -2.10. The van der Waals surface area contributed by atoms with Crippen molar-refractivity contribution in [2.75, 3.05) is 13.1 Å². The first kappa shape index (κ1) is 12.5. The lowest BCUT2D eigenvalue weighted by atomic mass is 10.2. The Hall–Kier alpha value is -0.910. The molecule has 1 unspecified atom stereocenters. The number of hydrogen-bond acceptors (Lipinski definition) is 4. The molecule has 1 fully saturated rings. The van der Waals surface area contributed by atoms with Crippen molar-refractivity contribution in [2.24, 2.45) is 0 Å². The summed E-state index contributed by atoms with van der Waals surface area (Å²) in [5.74, 6) is -0.00701. The van der Waals surface area contributed by atoms with Crippen LogP contribution in [-0.2, 0) is 4.79 Å². The average molecular weight is 254 g/mol. The van der Waals surface area contributed by atoms with Crippen LogP contribution in [0.25, 0.3) is 0 Å². The molecule has 0 saturated heterocycles. The third-order valence-electron chi connectivity index (χ3n) is 2.78. The Labute approximate surface area is 105 Å². The van der Waals surface area contributed by atoms with Gasteiger partial charge in [0.1, 0.15) is 0 Å². The summed E-state index contributed by atoms with van der Waals surface area (Å²) in [4.78, 5) is 11.5. The second kappa shape index (κ2) is 6.14. The van der Waals surface area contributed by atoms with E-state index in [-0.39, 0.29) is 5.91 Å². The van der Waals surface area contributed by atoms with Crippen molar-refractivity contribution in [3.05, 3.63) is 22.4 Å². The highest BCUT2D eigenvalue weighted by Crippen LogP contribution is 2.18. The third-order valence-corrected chi connectivity index (χ3v) is 3.48. The average Bonchev–Trinajstić information content (AvgIpc) is 2.97. The molecule has 1 aromatic heterocycles. The Morgan fingerprint density at radius 2 is 2.41 bits per heavy atom. The van der Waals surface area contributed by atoms with Crippen LogP contribution in [0.4, 0.5) is 0 Å². The molecule has 1 aromatic rings. The Kier molecular flexibility index (Phi) is 4.53. The van der Waals surface area contributed by atoms with Crippen molar-refractivity contribution in [3.63, 3.8) is 0 Å². The van der Waals surface area contributed by atoms with E-state index in [1.807, 2.05) is 16.8 Å². The maximum absolute atomic E-state index is 11.5. The maximum Gasteiger partial charge on any atom is 0.221 e. The number of carbonyl (C=O) groups excluding carboxylic acids is 1. The van der Waals surface area contributed by atoms with E-state index >= 15 is 0 Å². The Morgan fingerprint density at radius 3 is 3.06 bits per heavy atom. The maximum atomic E-state index is 11.5. The lowest BCUT2D eigenvalue weighted by Crippen LogP contribution is -2.31. The molecule has 94 valence electrons. The van der Waals surface area contributed by atoms with Gasteiger partial charge in [0.25, 0.3) is 0 Å². The number of carbonyl (C=O) groups is 1. The molecule has 4 nitrogen and oxygen atoms in total. The number of thiophene rings is 1. The predicted molar refractivity (Wildman–Crippen MR) is 67.9 cm³/mol. The van der Waals surface area contributed by atoms with Crippen molar-refractivity contribution in [2.45, 2.75) is 31.4 Å². The Balaban J connectivity index is 1.58. The van der Waals surface area contributed by atoms with Crippen molar-refractivity contribution in [1.29, 1.82) is 0 Å². The number of hydrogen-bond donors (Lipinski definition) is 3. The quantitative estimate of drug-likeness (QED) is 0.681. The molecule has 1 saturated carbocycles. The van der Waals surface area contributed by atoms with Gasteiger partial charge >= 0.3 is 0 Å². The summed E-state index contributed by atoms with van der Waals surface area (Å²) in [6.07, 6.45) is 2.35. The smallest absolute Gasteiger partial charge is 0.221 e. The molecule has 1 aliphatic carbocycles. The summed E-state index contributed by atoms with van der Waals surface area (Å²) < 4.78 is 0. The second-order valence-corrected chi connectivity index (χ2v) is 5.13. The molecular formula is C12H18N2O2S. The molecule has 0 spiro atoms. The van der Waals surface area contributed by atoms with Gasteiger partial charge in [-0.3, -0.25) is 4.79 Å². The largest absolute Gasteiger partial charge is 0.387 e. The van der Waals surface area contributed by atoms with Crippen molar-refractivity contribution in [1.82, 2.24) is 10.6 Å². The molecule has 3 N–H and O–H groups in total. The minimum Gasteiger partial charge on any atom is -0.387 e. The van der Waals surface area contributed by atoms with Gasteiger partial charge in [0, 0.05) is 25.6 Å². The highest BCUT2D eigenvalue weighted by molar-refractivity contribution is 7.07. The zero-order valence-corrected chi connectivity index (χ0v) is 10.5. The molecule has 2 rings (SSSR count). The molecule has 5 heteroatoms. The number of aliphatic hydroxyl groups excluding tert-OH is 1. The van der Waals surface area contributed by atoms with Gasteiger partial charge in [-0.05, 0) is 35.2 Å². The van der Waals surface area contributed by atoms with Crippen LogP contribution in [0.15, 0.2) is 16.8 Å². The minimum absolute atomic E-state index is 0.00701. The monoisotopic (exact) mass is 254 g/mol. The summed E-state index contributed by atoms with van der Waals surface area (Å²) in [5.41, 5.74) is 0.867. The van der Waals surface area contributed by atoms with E-state index < -0.39 is 6.10 Å². The lowest BCUT2D eigenvalue weighted by molar-refractivity contribution is -0.121. The first-order valence-corrected chi connectivity index (χ1v) is 6.90. The SMILES string of the molecule is O=C(CCNC1CC1)NCC(O)c1ccsc1. The highest BCUT2D eigenvalue weighted by Gasteiger charge is 2.20. The van der Waals surface area contributed by atoms with Crippen molar-refractivity contribution in [3.8, 4) is 0 Å². The second-order valence-electron chi connectivity index (χ2n) is 4.35. The fourth-order valence-corrected chi connectivity index (χ4v) is 2.27. The molecule has 0 radical (unpaired) electrons. The normalized spacial score (nSPS) is 16.8. The van der Waals surface area contributed by atoms with Crippen LogP contribution in [0.2, 0.25) is 0 Å². The van der Waals surface area contributed by atoms with Crippen LogP contribution in [0.3, 0.4) is 0 Å². The first-order valence-electron chi connectivity index (χ1n) is 5.96. The first-order chi connectivity index (χ1) is 8.25. The summed E-state index contributed by atoms with van der Waals surface area (Å²) in [6, 6.07) is 2.51. The van der Waals surface area contributed by atoms with Gasteiger partial charge in [0.2, 0.25) is 5.91 Å². The molecule has 1 amide bonds. The van der Waals surface area contributed by atoms with Crippen molar-refractivity contribution < 1.29 is 9.90 Å². The zero-order chi connectivity index (χ0) is 12.1. The van der Waals surface area contributed by atoms with Crippen LogP contribution in [0.5, 0.6) is 0 Å². The highest BCUT2D eigenvalue weighted by atomic mass is 32.1. The molecule has 1 aliphatic rings. The zero-order valence-electron chi connectivity index (χ0n) is 9.69. The minimum atomic E-state index is -0.596. The fraction of sp³-hybridized carbons (Fsp3) is 0.583. The van der Waals surface area contributed by atoms with Gasteiger partial charge in [-0.2, -0.15) is 11.3 Å². The predicted octanol–water partition coefficient (Wildman–Crippen LogP) is 1.04. The Morgan fingerprint density at radius 1 is 1.59 bits per heavy atom. The van der Waals surface area contributed by atoms with E-state index in [1.165, 1.54) is 12.8 Å². The molecule has 0 aliphatic heterocycles. The summed E-state index contributed by atoms with van der Waals surface area (Å²) in [6.45, 7) is 1.02. The van der Waals surface area contributed by atoms with E-state index in [4.69, 9.17) is 0 Å². The summed E-state index contributed by atoms with van der Waals surface area (Å²) in [7, 11) is 0. The molecule has 0 bridgehead atoms. The van der Waals surface area contributed by atoms with E-state index in [2.05, 4.69) is 10.6 Å². The van der Waals surface area contributed by atoms with E-state index in [1.54, 1.807) is 11.3 Å². The van der Waals surface area contributed by atoms with Crippen LogP contribution in [0, 0.1) is 0 Å². The molecule has 1 heterocycles. The van der Waals surface area contributed by atoms with Gasteiger partial charge in [0.05, 0.1) is 6.10 Å². The summed E-state index contributed by atoms with van der Waals surface area (Å²) in [5, 5.41) is 19.6. The molecule has 1 atom stereocenters. The van der Waals surface area contributed by atoms with Gasteiger partial charge in [-0.1, -0.05) is 0 Å². The topological polar surface area (TPSA) is 61.4 Å². The molecule has 0 aromatic carbocycles. The van der Waals surface area contributed by atoms with Gasteiger partial charge < -0.3 is 15.7 Å².